The Hall–Kier alpha value is 1.12. The molecule has 0 radical (unpaired) electrons. The molecule has 0 unspecified atom stereocenters. The van der Waals surface area contributed by atoms with Crippen molar-refractivity contribution in [3.63, 3.8) is 0 Å². The Bertz CT molecular complexity index is 317. The maximum absolute atomic E-state index is 10.7. The SMILES string of the molecule is CC1=C(C)C(C)(C)C([C-]=O)=C1C.[I][Co+][I]. The van der Waals surface area contributed by atoms with Gasteiger partial charge in [-0.1, -0.05) is 26.3 Å². The Morgan fingerprint density at radius 3 is 1.67 bits per heavy atom. The van der Waals surface area contributed by atoms with Gasteiger partial charge in [-0.25, -0.2) is 0 Å². The number of rotatable bonds is 1. The summed E-state index contributed by atoms with van der Waals surface area (Å²) in [4.78, 5) is 10.7. The third-order valence-corrected chi connectivity index (χ3v) is 3.16. The van der Waals surface area contributed by atoms with Crippen molar-refractivity contribution in [1.82, 2.24) is 0 Å². The normalized spacial score (nSPS) is 19.1. The van der Waals surface area contributed by atoms with E-state index < -0.39 is 0 Å². The molecule has 0 aromatic rings. The quantitative estimate of drug-likeness (QED) is 0.401. The first-order chi connectivity index (χ1) is 6.84. The van der Waals surface area contributed by atoms with Crippen LogP contribution in [0.15, 0.2) is 22.3 Å². The van der Waals surface area contributed by atoms with Crippen molar-refractivity contribution < 1.29 is 13.1 Å². The van der Waals surface area contributed by atoms with E-state index in [2.05, 4.69) is 74.8 Å². The van der Waals surface area contributed by atoms with Crippen LogP contribution in [0.25, 0.3) is 0 Å². The first-order valence-corrected chi connectivity index (χ1v) is 11.2. The van der Waals surface area contributed by atoms with Crippen LogP contribution >= 0.6 is 40.8 Å². The zero-order valence-electron chi connectivity index (χ0n) is 9.50. The molecule has 0 bridgehead atoms. The molecule has 0 fully saturated rings. The van der Waals surface area contributed by atoms with Gasteiger partial charge in [0.25, 0.3) is 0 Å². The van der Waals surface area contributed by atoms with Crippen molar-refractivity contribution >= 4 is 47.1 Å². The van der Waals surface area contributed by atoms with Crippen LogP contribution in [0.4, 0.5) is 0 Å². The van der Waals surface area contributed by atoms with Crippen LogP contribution in [0.2, 0.25) is 0 Å². The van der Waals surface area contributed by atoms with Gasteiger partial charge in [0.2, 0.25) is 0 Å². The fourth-order valence-electron chi connectivity index (χ4n) is 1.80. The molecule has 1 nitrogen and oxygen atoms in total. The van der Waals surface area contributed by atoms with E-state index >= 15 is 0 Å². The molecule has 0 aromatic carbocycles. The van der Waals surface area contributed by atoms with E-state index in [0.717, 1.165) is 11.1 Å². The second kappa shape index (κ2) is 6.76. The van der Waals surface area contributed by atoms with Gasteiger partial charge in [-0.15, -0.1) is 12.5 Å². The monoisotopic (exact) mass is 476 g/mol. The molecule has 88 valence electrons. The Morgan fingerprint density at radius 2 is 1.53 bits per heavy atom. The van der Waals surface area contributed by atoms with Crippen molar-refractivity contribution in [2.75, 3.05) is 0 Å². The van der Waals surface area contributed by atoms with Gasteiger partial charge in [0.15, 0.2) is 0 Å². The molecule has 0 N–H and O–H groups in total. The fourth-order valence-corrected chi connectivity index (χ4v) is 1.80. The number of carbonyl (C=O) groups excluding carboxylic acids is 1. The summed E-state index contributed by atoms with van der Waals surface area (Å²) in [6.45, 7) is 10.3. The first kappa shape index (κ1) is 16.1. The average Bonchev–Trinajstić information content (AvgIpc) is 2.29. The summed E-state index contributed by atoms with van der Waals surface area (Å²) in [5, 5.41) is 0. The number of halogens is 2. The van der Waals surface area contributed by atoms with Crippen LogP contribution in [-0.4, -0.2) is 6.29 Å². The maximum atomic E-state index is 10.7. The third kappa shape index (κ3) is 3.54. The molecule has 0 aromatic heterocycles. The molecular weight excluding hydrogens is 461 g/mol. The van der Waals surface area contributed by atoms with Gasteiger partial charge < -0.3 is 4.79 Å². The Balaban J connectivity index is 0.000000583. The summed E-state index contributed by atoms with van der Waals surface area (Å²) in [5.41, 5.74) is 4.36. The Labute approximate surface area is 121 Å². The van der Waals surface area contributed by atoms with Crippen LogP contribution < -0.4 is 0 Å². The Kier molecular flexibility index (Phi) is 7.26. The summed E-state index contributed by atoms with van der Waals surface area (Å²) in [5.74, 6) is 0. The summed E-state index contributed by atoms with van der Waals surface area (Å²) < 4.78 is 0. The van der Waals surface area contributed by atoms with Gasteiger partial charge in [-0.05, 0) is 18.6 Å². The molecule has 1 aliphatic rings. The summed E-state index contributed by atoms with van der Waals surface area (Å²) in [7, 11) is 1.38. The Morgan fingerprint density at radius 1 is 1.13 bits per heavy atom. The van der Waals surface area contributed by atoms with Crippen LogP contribution in [0, 0.1) is 5.41 Å². The van der Waals surface area contributed by atoms with Gasteiger partial charge in [-0.3, -0.25) is 0 Å². The third-order valence-electron chi connectivity index (χ3n) is 3.16. The van der Waals surface area contributed by atoms with E-state index in [1.807, 2.05) is 6.92 Å². The van der Waals surface area contributed by atoms with E-state index in [1.54, 1.807) is 0 Å². The number of allylic oxidation sites excluding steroid dienone is 4. The topological polar surface area (TPSA) is 17.1 Å². The zero-order valence-corrected chi connectivity index (χ0v) is 14.9. The van der Waals surface area contributed by atoms with Gasteiger partial charge in [-0.2, -0.15) is 11.1 Å². The van der Waals surface area contributed by atoms with Crippen molar-refractivity contribution in [3.05, 3.63) is 22.3 Å². The molecule has 0 saturated carbocycles. The minimum absolute atomic E-state index is 0.101. The van der Waals surface area contributed by atoms with Crippen LogP contribution in [0.1, 0.15) is 34.6 Å². The predicted octanol–water partition coefficient (Wildman–Crippen LogP) is 4.56. The van der Waals surface area contributed by atoms with Gasteiger partial charge in [0.05, 0.1) is 0 Å². The zero-order chi connectivity index (χ0) is 12.2. The van der Waals surface area contributed by atoms with Crippen LogP contribution in [0.5, 0.6) is 0 Å². The predicted molar refractivity (Wildman–Crippen MR) is 78.6 cm³/mol. The van der Waals surface area contributed by atoms with E-state index in [1.165, 1.54) is 19.4 Å². The molecule has 0 saturated heterocycles. The molecule has 0 amide bonds. The molecule has 15 heavy (non-hydrogen) atoms. The van der Waals surface area contributed by atoms with Gasteiger partial charge in [0, 0.05) is 0 Å². The molecule has 0 spiro atoms. The summed E-state index contributed by atoms with van der Waals surface area (Å²) in [6, 6.07) is 0. The second-order valence-corrected chi connectivity index (χ2v) is 12.8. The standard InChI is InChI=1S/C11H15O.Co.2HI/c1-7-8(2)10(6-12)11(4,5)9(7)3;;;/h1-5H3;;2*1H/q-1;+3;;/p-2. The molecule has 1 aliphatic carbocycles. The van der Waals surface area contributed by atoms with E-state index in [4.69, 9.17) is 0 Å². The second-order valence-electron chi connectivity index (χ2n) is 4.02. The van der Waals surface area contributed by atoms with Crippen LogP contribution in [0.3, 0.4) is 0 Å². The average molecular weight is 476 g/mol. The van der Waals surface area contributed by atoms with Crippen LogP contribution in [-0.2, 0) is 13.1 Å². The summed E-state index contributed by atoms with van der Waals surface area (Å²) >= 11 is 4.49. The molecule has 0 heterocycles. The first-order valence-electron chi connectivity index (χ1n) is 4.46. The molecular formula is C11H15CoI2O. The van der Waals surface area contributed by atoms with Crippen molar-refractivity contribution in [3.8, 4) is 0 Å². The summed E-state index contributed by atoms with van der Waals surface area (Å²) in [6.07, 6.45) is 2.05. The van der Waals surface area contributed by atoms with Gasteiger partial charge in [0.1, 0.15) is 0 Å². The van der Waals surface area contributed by atoms with Crippen molar-refractivity contribution in [1.29, 1.82) is 0 Å². The number of hydrogen-bond donors (Lipinski definition) is 0. The van der Waals surface area contributed by atoms with Gasteiger partial charge >= 0.3 is 49.1 Å². The van der Waals surface area contributed by atoms with E-state index in [-0.39, 0.29) is 5.41 Å². The number of hydrogen-bond acceptors (Lipinski definition) is 1. The van der Waals surface area contributed by atoms with E-state index in [9.17, 15) is 4.79 Å². The van der Waals surface area contributed by atoms with Crippen molar-refractivity contribution in [2.45, 2.75) is 34.6 Å². The minimum atomic E-state index is -0.101. The van der Waals surface area contributed by atoms with Crippen molar-refractivity contribution in [2.24, 2.45) is 5.41 Å². The molecule has 1 rings (SSSR count). The van der Waals surface area contributed by atoms with E-state index in [0.29, 0.717) is 0 Å². The molecule has 0 atom stereocenters. The molecule has 0 aliphatic heterocycles. The molecule has 4 heteroatoms. The fraction of sp³-hybridized carbons (Fsp3) is 0.545.